The van der Waals surface area contributed by atoms with Gasteiger partial charge in [0.05, 0.1) is 17.2 Å². The molecule has 1 N–H and O–H groups in total. The minimum atomic E-state index is -0.643. The summed E-state index contributed by atoms with van der Waals surface area (Å²) in [5.74, 6) is -0.798. The van der Waals surface area contributed by atoms with E-state index < -0.39 is 5.97 Å². The molecular formula is C28H28ClN3O4S. The average Bonchev–Trinajstić information content (AvgIpc) is 3.38. The summed E-state index contributed by atoms with van der Waals surface area (Å²) in [6, 6.07) is 14.7. The van der Waals surface area contributed by atoms with Gasteiger partial charge in [-0.05, 0) is 57.2 Å². The number of halogens is 1. The summed E-state index contributed by atoms with van der Waals surface area (Å²) < 4.78 is 7.11. The molecule has 0 fully saturated rings. The fourth-order valence-electron chi connectivity index (χ4n) is 4.11. The van der Waals surface area contributed by atoms with Crippen LogP contribution in [0.3, 0.4) is 0 Å². The Hall–Kier alpha value is -3.49. The second-order valence-electron chi connectivity index (χ2n) is 8.24. The van der Waals surface area contributed by atoms with Gasteiger partial charge in [-0.15, -0.1) is 0 Å². The van der Waals surface area contributed by atoms with Gasteiger partial charge in [0.2, 0.25) is 5.91 Å². The van der Waals surface area contributed by atoms with Crippen molar-refractivity contribution in [2.24, 2.45) is 4.99 Å². The van der Waals surface area contributed by atoms with Crippen LogP contribution in [0.5, 0.6) is 0 Å². The quantitative estimate of drug-likeness (QED) is 0.338. The molecule has 0 aliphatic carbocycles. The van der Waals surface area contributed by atoms with Crippen molar-refractivity contribution < 1.29 is 19.4 Å². The van der Waals surface area contributed by atoms with Gasteiger partial charge >= 0.3 is 5.97 Å². The monoisotopic (exact) mass is 537 g/mol. The number of nitrogens with zero attached hydrogens (tertiary/aromatic N) is 3. The largest absolute Gasteiger partial charge is 0.506 e. The highest BCUT2D eigenvalue weighted by Crippen LogP contribution is 2.41. The molecule has 4 rings (SSSR count). The van der Waals surface area contributed by atoms with Crippen molar-refractivity contribution >= 4 is 62.9 Å². The summed E-state index contributed by atoms with van der Waals surface area (Å²) in [6.45, 7) is 7.29. The number of carbonyl (C=O) groups is 2. The zero-order valence-electron chi connectivity index (χ0n) is 20.9. The molecule has 2 heterocycles. The van der Waals surface area contributed by atoms with Gasteiger partial charge in [0.1, 0.15) is 22.9 Å². The Kier molecular flexibility index (Phi) is 8.41. The third-order valence-corrected chi connectivity index (χ3v) is 7.23. The summed E-state index contributed by atoms with van der Waals surface area (Å²) >= 11 is 7.18. The number of fused-ring (bicyclic) bond motifs is 1. The molecule has 7 nitrogen and oxygen atoms in total. The number of esters is 1. The molecule has 0 bridgehead atoms. The smallest absolute Gasteiger partial charge is 0.344 e. The lowest BCUT2D eigenvalue weighted by molar-refractivity contribution is -0.138. The summed E-state index contributed by atoms with van der Waals surface area (Å²) in [5.41, 5.74) is 2.33. The zero-order chi connectivity index (χ0) is 26.5. The first kappa shape index (κ1) is 26.6. The Bertz CT molecular complexity index is 1420. The summed E-state index contributed by atoms with van der Waals surface area (Å²) in [5, 5.41) is 12.9. The maximum absolute atomic E-state index is 12.8. The zero-order valence-corrected chi connectivity index (χ0v) is 22.5. The highest BCUT2D eigenvalue weighted by atomic mass is 35.5. The number of benzene rings is 2. The molecule has 1 aliphatic heterocycles. The van der Waals surface area contributed by atoms with Crippen LogP contribution in [0.1, 0.15) is 26.3 Å². The molecular weight excluding hydrogens is 510 g/mol. The van der Waals surface area contributed by atoms with Gasteiger partial charge < -0.3 is 19.3 Å². The van der Waals surface area contributed by atoms with Gasteiger partial charge in [-0.2, -0.15) is 0 Å². The molecule has 0 unspecified atom stereocenters. The predicted molar refractivity (Wildman–Crippen MR) is 150 cm³/mol. The van der Waals surface area contributed by atoms with Gasteiger partial charge in [0.25, 0.3) is 0 Å². The molecule has 9 heteroatoms. The Morgan fingerprint density at radius 2 is 1.81 bits per heavy atom. The molecule has 37 heavy (non-hydrogen) atoms. The Morgan fingerprint density at radius 3 is 2.49 bits per heavy atom. The van der Waals surface area contributed by atoms with Crippen LogP contribution in [0.4, 0.5) is 5.69 Å². The third kappa shape index (κ3) is 5.76. The molecule has 1 amide bonds. The molecule has 0 atom stereocenters. The maximum Gasteiger partial charge on any atom is 0.344 e. The van der Waals surface area contributed by atoms with Crippen LogP contribution in [0.25, 0.3) is 17.0 Å². The van der Waals surface area contributed by atoms with Crippen molar-refractivity contribution in [2.75, 3.05) is 19.7 Å². The topological polar surface area (TPSA) is 84.1 Å². The first-order valence-corrected chi connectivity index (χ1v) is 13.3. The van der Waals surface area contributed by atoms with Crippen molar-refractivity contribution in [3.05, 3.63) is 81.6 Å². The van der Waals surface area contributed by atoms with Crippen LogP contribution in [-0.4, -0.2) is 51.2 Å². The molecule has 0 saturated carbocycles. The standard InChI is InChI=1S/C28H28ClN3O4S/c1-4-31(5-2)24(33)17-32-16-18(21-9-7-8-10-22(21)32)15-23-26(34)25(28(35)36-6-3)27(37-23)30-20-13-11-19(29)12-14-20/h7-16,34H,4-6,17H2,1-3H3/b23-15-,30-27?. The van der Waals surface area contributed by atoms with Gasteiger partial charge in [0, 0.05) is 40.8 Å². The van der Waals surface area contributed by atoms with Crippen molar-refractivity contribution in [1.29, 1.82) is 0 Å². The molecule has 1 aromatic heterocycles. The first-order chi connectivity index (χ1) is 17.9. The number of para-hydroxylation sites is 1. The summed E-state index contributed by atoms with van der Waals surface area (Å²) in [6.07, 6.45) is 3.70. The highest BCUT2D eigenvalue weighted by Gasteiger charge is 2.33. The first-order valence-electron chi connectivity index (χ1n) is 12.1. The Labute approximate surface area is 225 Å². The average molecular weight is 538 g/mol. The van der Waals surface area contributed by atoms with E-state index >= 15 is 0 Å². The molecule has 0 spiro atoms. The van der Waals surface area contributed by atoms with E-state index in [0.717, 1.165) is 16.5 Å². The minimum Gasteiger partial charge on any atom is -0.506 e. The van der Waals surface area contributed by atoms with Crippen LogP contribution >= 0.6 is 23.4 Å². The lowest BCUT2D eigenvalue weighted by Crippen LogP contribution is -2.33. The van der Waals surface area contributed by atoms with Crippen molar-refractivity contribution in [2.45, 2.75) is 27.3 Å². The highest BCUT2D eigenvalue weighted by molar-refractivity contribution is 8.18. The minimum absolute atomic E-state index is 0.0218. The van der Waals surface area contributed by atoms with E-state index in [9.17, 15) is 14.7 Å². The number of hydrogen-bond donors (Lipinski definition) is 1. The molecule has 0 saturated heterocycles. The second-order valence-corrected chi connectivity index (χ2v) is 9.71. The number of likely N-dealkylation sites (N-methyl/N-ethyl adjacent to an activating group) is 1. The van der Waals surface area contributed by atoms with E-state index in [1.807, 2.05) is 55.0 Å². The number of ether oxygens (including phenoxy) is 1. The Balaban J connectivity index is 1.76. The Morgan fingerprint density at radius 1 is 1.11 bits per heavy atom. The molecule has 0 radical (unpaired) electrons. The van der Waals surface area contributed by atoms with Gasteiger partial charge in [-0.1, -0.05) is 41.6 Å². The van der Waals surface area contributed by atoms with Gasteiger partial charge in [0.15, 0.2) is 0 Å². The van der Waals surface area contributed by atoms with Crippen LogP contribution in [0.15, 0.2) is 76.0 Å². The number of rotatable bonds is 8. The van der Waals surface area contributed by atoms with Crippen molar-refractivity contribution in [3.8, 4) is 0 Å². The van der Waals surface area contributed by atoms with E-state index in [0.29, 0.717) is 33.7 Å². The van der Waals surface area contributed by atoms with E-state index in [1.54, 1.807) is 36.1 Å². The predicted octanol–water partition coefficient (Wildman–Crippen LogP) is 6.36. The van der Waals surface area contributed by atoms with Crippen LogP contribution in [0, 0.1) is 0 Å². The third-order valence-electron chi connectivity index (χ3n) is 5.96. The normalized spacial score (nSPS) is 15.7. The maximum atomic E-state index is 12.8. The molecule has 3 aromatic rings. The summed E-state index contributed by atoms with van der Waals surface area (Å²) in [4.78, 5) is 32.4. The number of aliphatic hydroxyl groups is 1. The number of thioether (sulfide) groups is 1. The van der Waals surface area contributed by atoms with E-state index in [-0.39, 0.29) is 30.4 Å². The fraction of sp³-hybridized carbons (Fsp3) is 0.250. The SMILES string of the molecule is CCOC(=O)C1=C(O)/C(=C/c2cn(CC(=O)N(CC)CC)c3ccccc23)SC1=Nc1ccc(Cl)cc1. The second kappa shape index (κ2) is 11.7. The van der Waals surface area contributed by atoms with E-state index in [1.165, 1.54) is 11.8 Å². The number of hydrogen-bond acceptors (Lipinski definition) is 6. The molecule has 1 aliphatic rings. The fourth-order valence-corrected chi connectivity index (χ4v) is 5.26. The van der Waals surface area contributed by atoms with Gasteiger partial charge in [-0.3, -0.25) is 4.79 Å². The molecule has 192 valence electrons. The van der Waals surface area contributed by atoms with Crippen LogP contribution in [-0.2, 0) is 20.9 Å². The van der Waals surface area contributed by atoms with Crippen molar-refractivity contribution in [3.63, 3.8) is 0 Å². The lowest BCUT2D eigenvalue weighted by Gasteiger charge is -2.19. The number of aliphatic hydroxyl groups excluding tert-OH is 1. The number of aromatic nitrogens is 1. The summed E-state index contributed by atoms with van der Waals surface area (Å²) in [7, 11) is 0. The van der Waals surface area contributed by atoms with Crippen LogP contribution < -0.4 is 0 Å². The molecule has 2 aromatic carbocycles. The van der Waals surface area contributed by atoms with Crippen molar-refractivity contribution in [1.82, 2.24) is 9.47 Å². The van der Waals surface area contributed by atoms with E-state index in [2.05, 4.69) is 4.99 Å². The van der Waals surface area contributed by atoms with Crippen LogP contribution in [0.2, 0.25) is 5.02 Å². The number of carbonyl (C=O) groups excluding carboxylic acids is 2. The van der Waals surface area contributed by atoms with Gasteiger partial charge in [-0.25, -0.2) is 9.79 Å². The number of amides is 1. The lowest BCUT2D eigenvalue weighted by atomic mass is 10.1. The van der Waals surface area contributed by atoms with E-state index in [4.69, 9.17) is 16.3 Å². The number of aliphatic imine (C=N–C) groups is 1.